The Balaban J connectivity index is 1.86. The van der Waals surface area contributed by atoms with Crippen molar-refractivity contribution in [3.63, 3.8) is 0 Å². The third-order valence-electron chi connectivity index (χ3n) is 4.46. The number of hydrogen-bond acceptors (Lipinski definition) is 2. The Morgan fingerprint density at radius 1 is 1.28 bits per heavy atom. The fourth-order valence-electron chi connectivity index (χ4n) is 3.40. The van der Waals surface area contributed by atoms with Crippen LogP contribution in [0, 0.1) is 0 Å². The zero-order valence-corrected chi connectivity index (χ0v) is 11.4. The van der Waals surface area contributed by atoms with Gasteiger partial charge in [0, 0.05) is 30.5 Å². The second-order valence-electron chi connectivity index (χ2n) is 5.62. The molecule has 0 unspecified atom stereocenters. The summed E-state index contributed by atoms with van der Waals surface area (Å²) in [7, 11) is 0. The molecule has 1 aromatic carbocycles. The van der Waals surface area contributed by atoms with E-state index in [0.717, 1.165) is 12.6 Å². The molecule has 0 aromatic heterocycles. The van der Waals surface area contributed by atoms with Crippen molar-refractivity contribution in [2.24, 2.45) is 0 Å². The quantitative estimate of drug-likeness (QED) is 0.851. The van der Waals surface area contributed by atoms with E-state index in [1.807, 2.05) is 0 Å². The molecule has 0 bridgehead atoms. The van der Waals surface area contributed by atoms with Gasteiger partial charge in [0.1, 0.15) is 0 Å². The molecule has 2 heterocycles. The molecule has 0 spiro atoms. The summed E-state index contributed by atoms with van der Waals surface area (Å²) < 4.78 is 0. The van der Waals surface area contributed by atoms with Gasteiger partial charge in [0.2, 0.25) is 0 Å². The lowest BCUT2D eigenvalue weighted by atomic mass is 9.97. The molecule has 2 aliphatic rings. The molecule has 0 radical (unpaired) electrons. The van der Waals surface area contributed by atoms with E-state index >= 15 is 0 Å². The van der Waals surface area contributed by atoms with Gasteiger partial charge in [-0.3, -0.25) is 0 Å². The predicted octanol–water partition coefficient (Wildman–Crippen LogP) is 3.81. The van der Waals surface area contributed by atoms with Crippen LogP contribution in [0.2, 0.25) is 0 Å². The van der Waals surface area contributed by atoms with Crippen LogP contribution >= 0.6 is 0 Å². The van der Waals surface area contributed by atoms with Crippen molar-refractivity contribution in [1.29, 1.82) is 0 Å². The maximum Gasteiger partial charge on any atom is 0.0374 e. The van der Waals surface area contributed by atoms with Crippen LogP contribution in [0.1, 0.15) is 44.6 Å². The van der Waals surface area contributed by atoms with E-state index in [-0.39, 0.29) is 0 Å². The zero-order chi connectivity index (χ0) is 12.4. The fraction of sp³-hybridized carbons (Fsp3) is 0.625. The van der Waals surface area contributed by atoms with E-state index in [9.17, 15) is 0 Å². The lowest BCUT2D eigenvalue weighted by Crippen LogP contribution is -2.39. The Kier molecular flexibility index (Phi) is 3.44. The SMILES string of the molecule is CC[C@H]1CCCCN1c1ccc2c(c1)CCCN2. The van der Waals surface area contributed by atoms with Crippen LogP contribution in [0.3, 0.4) is 0 Å². The second kappa shape index (κ2) is 5.21. The molecule has 1 atom stereocenters. The molecule has 98 valence electrons. The van der Waals surface area contributed by atoms with Gasteiger partial charge in [0.25, 0.3) is 0 Å². The standard InChI is InChI=1S/C16H24N2/c1-2-14-7-3-4-11-18(14)15-8-9-16-13(12-15)6-5-10-17-16/h8-9,12,14,17H,2-7,10-11H2,1H3/t14-/m0/s1. The van der Waals surface area contributed by atoms with Gasteiger partial charge in [-0.05, 0) is 62.3 Å². The molecule has 2 aliphatic heterocycles. The smallest absolute Gasteiger partial charge is 0.0374 e. The maximum atomic E-state index is 3.50. The number of hydrogen-bond donors (Lipinski definition) is 1. The summed E-state index contributed by atoms with van der Waals surface area (Å²) in [4.78, 5) is 2.64. The van der Waals surface area contributed by atoms with Crippen LogP contribution in [0.15, 0.2) is 18.2 Å². The molecule has 1 fully saturated rings. The van der Waals surface area contributed by atoms with Gasteiger partial charge < -0.3 is 10.2 Å². The number of rotatable bonds is 2. The van der Waals surface area contributed by atoms with Crippen molar-refractivity contribution in [2.45, 2.75) is 51.5 Å². The van der Waals surface area contributed by atoms with E-state index in [4.69, 9.17) is 0 Å². The van der Waals surface area contributed by atoms with Crippen LogP contribution in [-0.4, -0.2) is 19.1 Å². The Morgan fingerprint density at radius 3 is 3.11 bits per heavy atom. The molecule has 1 N–H and O–H groups in total. The van der Waals surface area contributed by atoms with Gasteiger partial charge in [-0.1, -0.05) is 6.92 Å². The Hall–Kier alpha value is -1.18. The molecule has 2 nitrogen and oxygen atoms in total. The number of nitrogens with one attached hydrogen (secondary N) is 1. The summed E-state index contributed by atoms with van der Waals surface area (Å²) >= 11 is 0. The molecular weight excluding hydrogens is 220 g/mol. The van der Waals surface area contributed by atoms with Crippen LogP contribution < -0.4 is 10.2 Å². The first-order chi connectivity index (χ1) is 8.88. The highest BCUT2D eigenvalue weighted by Gasteiger charge is 2.21. The number of fused-ring (bicyclic) bond motifs is 1. The van der Waals surface area contributed by atoms with Crippen molar-refractivity contribution >= 4 is 11.4 Å². The number of piperidine rings is 1. The van der Waals surface area contributed by atoms with Crippen molar-refractivity contribution in [3.05, 3.63) is 23.8 Å². The number of benzene rings is 1. The highest BCUT2D eigenvalue weighted by atomic mass is 15.2. The molecule has 18 heavy (non-hydrogen) atoms. The summed E-state index contributed by atoms with van der Waals surface area (Å²) in [6, 6.07) is 7.78. The Bertz CT molecular complexity index is 414. The second-order valence-corrected chi connectivity index (χ2v) is 5.62. The minimum atomic E-state index is 0.758. The van der Waals surface area contributed by atoms with Crippen LogP contribution in [-0.2, 0) is 6.42 Å². The Morgan fingerprint density at radius 2 is 2.22 bits per heavy atom. The fourth-order valence-corrected chi connectivity index (χ4v) is 3.40. The van der Waals surface area contributed by atoms with Gasteiger partial charge in [0.05, 0.1) is 0 Å². The topological polar surface area (TPSA) is 15.3 Å². The largest absolute Gasteiger partial charge is 0.385 e. The van der Waals surface area contributed by atoms with E-state index in [2.05, 4.69) is 35.3 Å². The van der Waals surface area contributed by atoms with E-state index < -0.39 is 0 Å². The number of aryl methyl sites for hydroxylation is 1. The highest BCUT2D eigenvalue weighted by molar-refractivity contribution is 5.62. The summed E-state index contributed by atoms with van der Waals surface area (Å²) in [5, 5.41) is 3.50. The normalized spacial score (nSPS) is 23.4. The van der Waals surface area contributed by atoms with E-state index in [1.54, 1.807) is 0 Å². The molecular formula is C16H24N2. The zero-order valence-electron chi connectivity index (χ0n) is 11.4. The van der Waals surface area contributed by atoms with E-state index in [1.165, 1.54) is 62.0 Å². The highest BCUT2D eigenvalue weighted by Crippen LogP contribution is 2.31. The van der Waals surface area contributed by atoms with Gasteiger partial charge in [-0.25, -0.2) is 0 Å². The predicted molar refractivity (Wildman–Crippen MR) is 78.5 cm³/mol. The molecule has 0 amide bonds. The lowest BCUT2D eigenvalue weighted by Gasteiger charge is -2.37. The summed E-state index contributed by atoms with van der Waals surface area (Å²) in [5.74, 6) is 0. The van der Waals surface area contributed by atoms with Gasteiger partial charge in [-0.2, -0.15) is 0 Å². The number of nitrogens with zero attached hydrogens (tertiary/aromatic N) is 1. The van der Waals surface area contributed by atoms with Crippen LogP contribution in [0.4, 0.5) is 11.4 Å². The molecule has 2 heteroatoms. The molecule has 1 saturated heterocycles. The van der Waals surface area contributed by atoms with Crippen LogP contribution in [0.25, 0.3) is 0 Å². The summed E-state index contributed by atoms with van der Waals surface area (Å²) in [6.45, 7) is 4.70. The van der Waals surface area contributed by atoms with Gasteiger partial charge >= 0.3 is 0 Å². The number of anilines is 2. The summed E-state index contributed by atoms with van der Waals surface area (Å²) in [5.41, 5.74) is 4.32. The van der Waals surface area contributed by atoms with Crippen molar-refractivity contribution in [3.8, 4) is 0 Å². The molecule has 3 rings (SSSR count). The minimum absolute atomic E-state index is 0.758. The third-order valence-corrected chi connectivity index (χ3v) is 4.46. The Labute approximate surface area is 110 Å². The van der Waals surface area contributed by atoms with Crippen LogP contribution in [0.5, 0.6) is 0 Å². The first-order valence-electron chi connectivity index (χ1n) is 7.52. The van der Waals surface area contributed by atoms with Gasteiger partial charge in [-0.15, -0.1) is 0 Å². The molecule has 0 saturated carbocycles. The van der Waals surface area contributed by atoms with Gasteiger partial charge in [0.15, 0.2) is 0 Å². The average molecular weight is 244 g/mol. The lowest BCUT2D eigenvalue weighted by molar-refractivity contribution is 0.450. The minimum Gasteiger partial charge on any atom is -0.385 e. The summed E-state index contributed by atoms with van der Waals surface area (Å²) in [6.07, 6.45) is 7.91. The average Bonchev–Trinajstić information content (AvgIpc) is 2.46. The van der Waals surface area contributed by atoms with E-state index in [0.29, 0.717) is 0 Å². The molecule has 0 aliphatic carbocycles. The van der Waals surface area contributed by atoms with Crippen molar-refractivity contribution in [2.75, 3.05) is 23.3 Å². The third kappa shape index (κ3) is 2.21. The monoisotopic (exact) mass is 244 g/mol. The first-order valence-corrected chi connectivity index (χ1v) is 7.52. The maximum absolute atomic E-state index is 3.50. The first kappa shape index (κ1) is 11.9. The molecule has 1 aromatic rings. The van der Waals surface area contributed by atoms with Crippen molar-refractivity contribution < 1.29 is 0 Å². The van der Waals surface area contributed by atoms with Crippen molar-refractivity contribution in [1.82, 2.24) is 0 Å².